The molecule has 1 saturated heterocycles. The second-order valence-electron chi connectivity index (χ2n) is 8.58. The third kappa shape index (κ3) is 3.54. The second-order valence-corrected chi connectivity index (χ2v) is 8.95. The molecule has 0 bridgehead atoms. The van der Waals surface area contributed by atoms with Gasteiger partial charge in [0.2, 0.25) is 0 Å². The summed E-state index contributed by atoms with van der Waals surface area (Å²) in [4.78, 5) is 36.7. The van der Waals surface area contributed by atoms with Gasteiger partial charge < -0.3 is 15.1 Å². The Morgan fingerprint density at radius 1 is 1.26 bits per heavy atom. The highest BCUT2D eigenvalue weighted by Gasteiger charge is 2.59. The van der Waals surface area contributed by atoms with Crippen LogP contribution in [0.3, 0.4) is 0 Å². The molecule has 1 spiro atoms. The van der Waals surface area contributed by atoms with E-state index in [-0.39, 0.29) is 22.4 Å². The number of carbonyl (C=O) groups is 2. The molecule has 3 aromatic rings. The average molecular weight is 490 g/mol. The average Bonchev–Trinajstić information content (AvgIpc) is 3.30. The minimum Gasteiger partial charge on any atom is -0.360 e. The van der Waals surface area contributed by atoms with Gasteiger partial charge in [0.1, 0.15) is 17.6 Å². The molecule has 1 aliphatic carbocycles. The van der Waals surface area contributed by atoms with Crippen molar-refractivity contribution in [2.24, 2.45) is 7.05 Å². The predicted octanol–water partition coefficient (Wildman–Crippen LogP) is 4.13. The molecule has 1 N–H and O–H groups in total. The first-order chi connectivity index (χ1) is 16.7. The van der Waals surface area contributed by atoms with E-state index in [4.69, 9.17) is 18.8 Å². The van der Waals surface area contributed by atoms with Crippen molar-refractivity contribution in [2.45, 2.75) is 31.7 Å². The van der Waals surface area contributed by atoms with Gasteiger partial charge in [0.15, 0.2) is 10.9 Å². The molecule has 1 aliphatic heterocycles. The lowest BCUT2D eigenvalue weighted by molar-refractivity contribution is -0.123. The molecule has 11 heteroatoms. The highest BCUT2D eigenvalue weighted by molar-refractivity contribution is 7.81. The van der Waals surface area contributed by atoms with Gasteiger partial charge in [-0.3, -0.25) is 19.2 Å². The van der Waals surface area contributed by atoms with E-state index in [1.54, 1.807) is 43.3 Å². The number of hydrogen-bond donors (Lipinski definition) is 1. The van der Waals surface area contributed by atoms with Crippen molar-refractivity contribution in [1.29, 1.82) is 0 Å². The Bertz CT molecular complexity index is 1440. The summed E-state index contributed by atoms with van der Waals surface area (Å²) in [5.74, 6) is -1.01. The number of amides is 2. The minimum absolute atomic E-state index is 0.148. The summed E-state index contributed by atoms with van der Waals surface area (Å²) >= 11 is 5.70. The number of halogens is 1. The van der Waals surface area contributed by atoms with Gasteiger partial charge in [-0.25, -0.2) is 4.39 Å². The van der Waals surface area contributed by atoms with E-state index in [0.717, 1.165) is 6.42 Å². The van der Waals surface area contributed by atoms with Crippen LogP contribution in [0.2, 0.25) is 0 Å². The number of thiocarbonyl (C=S) groups is 1. The van der Waals surface area contributed by atoms with Gasteiger partial charge in [0.05, 0.1) is 11.3 Å². The number of hydrogen-bond acceptors (Lipinski definition) is 5. The molecule has 2 aromatic heterocycles. The molecule has 2 fully saturated rings. The topological polar surface area (TPSA) is 87.7 Å². The summed E-state index contributed by atoms with van der Waals surface area (Å²) in [5, 5.41) is 6.84. The Labute approximate surface area is 206 Å². The van der Waals surface area contributed by atoms with Crippen molar-refractivity contribution in [2.75, 3.05) is 15.1 Å². The highest BCUT2D eigenvalue weighted by Crippen LogP contribution is 2.48. The van der Waals surface area contributed by atoms with E-state index in [9.17, 15) is 9.59 Å². The zero-order valence-corrected chi connectivity index (χ0v) is 19.8. The fraction of sp³-hybridized carbons (Fsp3) is 0.250. The molecule has 0 unspecified atom stereocenters. The van der Waals surface area contributed by atoms with Gasteiger partial charge in [-0.15, -0.1) is 4.98 Å². The van der Waals surface area contributed by atoms with E-state index in [0.29, 0.717) is 35.6 Å². The van der Waals surface area contributed by atoms with Crippen LogP contribution in [-0.2, 0) is 11.8 Å². The first-order valence-corrected chi connectivity index (χ1v) is 11.3. The van der Waals surface area contributed by atoms with Crippen LogP contribution in [0.1, 0.15) is 35.2 Å². The van der Waals surface area contributed by atoms with Crippen molar-refractivity contribution in [3.05, 3.63) is 71.1 Å². The molecule has 3 heterocycles. The number of benzene rings is 1. The van der Waals surface area contributed by atoms with Crippen LogP contribution in [0.25, 0.3) is 4.85 Å². The van der Waals surface area contributed by atoms with Crippen molar-refractivity contribution >= 4 is 52.2 Å². The molecule has 35 heavy (non-hydrogen) atoms. The first-order valence-electron chi connectivity index (χ1n) is 10.9. The van der Waals surface area contributed by atoms with E-state index < -0.39 is 17.3 Å². The maximum atomic E-state index is 15.1. The Morgan fingerprint density at radius 3 is 2.60 bits per heavy atom. The third-order valence-corrected chi connectivity index (χ3v) is 6.77. The zero-order chi connectivity index (χ0) is 24.9. The molecule has 0 radical (unpaired) electrons. The van der Waals surface area contributed by atoms with Crippen LogP contribution in [0.15, 0.2) is 42.7 Å². The van der Waals surface area contributed by atoms with Gasteiger partial charge in [-0.1, -0.05) is 6.57 Å². The predicted molar refractivity (Wildman–Crippen MR) is 132 cm³/mol. The van der Waals surface area contributed by atoms with Gasteiger partial charge >= 0.3 is 0 Å². The van der Waals surface area contributed by atoms with Crippen molar-refractivity contribution in [3.63, 3.8) is 0 Å². The van der Waals surface area contributed by atoms with Crippen LogP contribution in [0, 0.1) is 19.3 Å². The van der Waals surface area contributed by atoms with Gasteiger partial charge in [0, 0.05) is 25.0 Å². The maximum Gasteiger partial charge on any atom is 0.272 e. The number of nitrogens with zero attached hydrogens (tertiary/aromatic N) is 6. The largest absolute Gasteiger partial charge is 0.360 e. The molecule has 1 saturated carbocycles. The standard InChI is InChI=1S/C24H20FN7O2S/c1-14-11-16(13-27-20(14)26-2)31-22(34)24(8-4-9-24)32(23(31)35)15-5-6-17(18(25)12-15)21(33)28-19-7-10-30(3)29-19/h5-7,10-13H,4,8-9H2,1,3H3,(H,28,29,33). The van der Waals surface area contributed by atoms with Crippen molar-refractivity contribution in [1.82, 2.24) is 14.8 Å². The summed E-state index contributed by atoms with van der Waals surface area (Å²) in [6, 6.07) is 7.50. The van der Waals surface area contributed by atoms with E-state index in [1.165, 1.54) is 27.9 Å². The number of aryl methyl sites for hydroxylation is 2. The summed E-state index contributed by atoms with van der Waals surface area (Å²) in [6.07, 6.45) is 5.08. The molecular formula is C24H20FN7O2S. The summed E-state index contributed by atoms with van der Waals surface area (Å²) in [5.41, 5.74) is 0.423. The Balaban J connectivity index is 1.48. The monoisotopic (exact) mass is 489 g/mol. The molecule has 2 aliphatic rings. The highest BCUT2D eigenvalue weighted by atomic mass is 32.1. The molecule has 2 amide bonds. The number of anilines is 3. The van der Waals surface area contributed by atoms with E-state index >= 15 is 4.39 Å². The lowest BCUT2D eigenvalue weighted by Crippen LogP contribution is -2.55. The molecule has 9 nitrogen and oxygen atoms in total. The van der Waals surface area contributed by atoms with E-state index in [1.807, 2.05) is 0 Å². The number of pyridine rings is 1. The fourth-order valence-corrected chi connectivity index (χ4v) is 4.96. The summed E-state index contributed by atoms with van der Waals surface area (Å²) < 4.78 is 16.6. The SMILES string of the molecule is [C-]#[N+]c1ncc(N2C(=O)C3(CCC3)N(c3ccc(C(=O)Nc4ccn(C)n4)c(F)c3)C2=S)cc1C. The van der Waals surface area contributed by atoms with Gasteiger partial charge in [-0.2, -0.15) is 5.10 Å². The van der Waals surface area contributed by atoms with Crippen LogP contribution in [0.5, 0.6) is 0 Å². The molecular weight excluding hydrogens is 469 g/mol. The van der Waals surface area contributed by atoms with Crippen LogP contribution >= 0.6 is 12.2 Å². The maximum absolute atomic E-state index is 15.1. The smallest absolute Gasteiger partial charge is 0.272 e. The quantitative estimate of drug-likeness (QED) is 0.438. The Hall–Kier alpha value is -4.17. The molecule has 5 rings (SSSR count). The second kappa shape index (κ2) is 8.25. The van der Waals surface area contributed by atoms with Gasteiger partial charge in [-0.05, 0) is 68.2 Å². The summed E-state index contributed by atoms with van der Waals surface area (Å²) in [7, 11) is 1.71. The third-order valence-electron chi connectivity index (χ3n) is 6.40. The van der Waals surface area contributed by atoms with Crippen LogP contribution < -0.4 is 15.1 Å². The number of carbonyl (C=O) groups excluding carboxylic acids is 2. The number of rotatable bonds is 4. The number of aromatic nitrogens is 3. The summed E-state index contributed by atoms with van der Waals surface area (Å²) in [6.45, 7) is 8.95. The fourth-order valence-electron chi connectivity index (χ4n) is 4.49. The normalized spacial score (nSPS) is 16.4. The van der Waals surface area contributed by atoms with Crippen LogP contribution in [0.4, 0.5) is 27.4 Å². The number of nitrogens with one attached hydrogen (secondary N) is 1. The lowest BCUT2D eigenvalue weighted by atomic mass is 9.75. The molecule has 176 valence electrons. The molecule has 1 aromatic carbocycles. The van der Waals surface area contributed by atoms with Crippen molar-refractivity contribution < 1.29 is 14.0 Å². The van der Waals surface area contributed by atoms with Crippen LogP contribution in [-0.4, -0.2) is 37.2 Å². The molecule has 0 atom stereocenters. The first kappa shape index (κ1) is 22.6. The Kier molecular flexibility index (Phi) is 5.33. The van der Waals surface area contributed by atoms with Crippen molar-refractivity contribution in [3.8, 4) is 0 Å². The zero-order valence-electron chi connectivity index (χ0n) is 18.9. The minimum atomic E-state index is -0.909. The van der Waals surface area contributed by atoms with Gasteiger partial charge in [0.25, 0.3) is 17.6 Å². The Morgan fingerprint density at radius 2 is 2.03 bits per heavy atom. The van der Waals surface area contributed by atoms with E-state index in [2.05, 4.69) is 20.2 Å². The lowest BCUT2D eigenvalue weighted by Gasteiger charge is -2.43.